The maximum Gasteiger partial charge on any atom is 0.164 e. The van der Waals surface area contributed by atoms with Crippen molar-refractivity contribution in [2.24, 2.45) is 0 Å². The van der Waals surface area contributed by atoms with E-state index in [0.717, 1.165) is 44.1 Å². The van der Waals surface area contributed by atoms with Gasteiger partial charge in [-0.3, -0.25) is 0 Å². The highest BCUT2D eigenvalue weighted by Crippen LogP contribution is 2.46. The molecule has 11 rings (SSSR count). The summed E-state index contributed by atoms with van der Waals surface area (Å²) >= 11 is 0. The lowest BCUT2D eigenvalue weighted by atomic mass is 9.90. The Morgan fingerprint density at radius 1 is 0.333 bits per heavy atom. The van der Waals surface area contributed by atoms with Gasteiger partial charge in [-0.25, -0.2) is 15.0 Å². The summed E-state index contributed by atoms with van der Waals surface area (Å²) in [5.41, 5.74) is 20.1. The van der Waals surface area contributed by atoms with Crippen molar-refractivity contribution >= 4 is 21.8 Å². The minimum atomic E-state index is 0.308. The van der Waals surface area contributed by atoms with Crippen molar-refractivity contribution < 1.29 is 0 Å². The Kier molecular flexibility index (Phi) is 12.0. The van der Waals surface area contributed by atoms with E-state index in [4.69, 9.17) is 15.0 Å². The van der Waals surface area contributed by atoms with Crippen molar-refractivity contribution in [1.29, 1.82) is 21.0 Å². The van der Waals surface area contributed by atoms with Crippen LogP contribution >= 0.6 is 0 Å². The predicted octanol–water partition coefficient (Wildman–Crippen LogP) is 16.0. The monoisotopic (exact) mass is 962 g/mol. The van der Waals surface area contributed by atoms with E-state index in [1.807, 2.05) is 72.8 Å². The molecule has 0 aliphatic carbocycles. The summed E-state index contributed by atoms with van der Waals surface area (Å²) in [6, 6.07) is 65.4. The lowest BCUT2D eigenvalue weighted by Gasteiger charge is -2.22. The molecule has 11 aromatic rings. The number of hydrogen-bond donors (Lipinski definition) is 0. The minimum absolute atomic E-state index is 0.308. The van der Waals surface area contributed by atoms with Crippen LogP contribution in [0.25, 0.3) is 106 Å². The largest absolute Gasteiger partial charge is 0.308 e. The highest BCUT2D eigenvalue weighted by molar-refractivity contribution is 6.13. The summed E-state index contributed by atoms with van der Waals surface area (Å²) in [4.78, 5) is 15.3. The standard InChI is InChI=1S/C67H46N8/c1-39-21-41(3)62(42(4)22-39)51-17-19-60-58(31-51)59-32-52(63-43(5)23-40(2)24-44(63)6)18-20-61(59)75(60)64-56(53-27-45(35-68)25-46(28-53)36-69)33-55(34-57(64)54-29-47(37-70)26-48(30-54)38-71)67-73-65(49-13-9-7-10-14-49)72-66(74-67)50-15-11-8-12-16-50/h7-34H,1-6H3. The SMILES string of the molecule is Cc1cc(C)c(-c2ccc3c(c2)c2cc(-c4c(C)cc(C)cc4C)ccc2n3-c2c(-c3cc(C#N)cc(C#N)c3)cc(-c3nc(-c4ccccc4)nc(-c4ccccc4)n3)cc2-c2cc(C#N)cc(C#N)c2)c(C)c1. The molecule has 0 N–H and O–H groups in total. The van der Waals surface area contributed by atoms with E-state index in [1.165, 1.54) is 44.5 Å². The summed E-state index contributed by atoms with van der Waals surface area (Å²) in [5, 5.41) is 44.1. The van der Waals surface area contributed by atoms with Crippen LogP contribution in [0.2, 0.25) is 0 Å². The molecule has 75 heavy (non-hydrogen) atoms. The molecule has 0 radical (unpaired) electrons. The van der Waals surface area contributed by atoms with Gasteiger partial charge in [0.25, 0.3) is 0 Å². The molecule has 0 saturated carbocycles. The molecule has 0 spiro atoms. The van der Waals surface area contributed by atoms with Crippen molar-refractivity contribution in [2.45, 2.75) is 41.5 Å². The minimum Gasteiger partial charge on any atom is -0.308 e. The molecule has 8 nitrogen and oxygen atoms in total. The number of fused-ring (bicyclic) bond motifs is 3. The highest BCUT2D eigenvalue weighted by atomic mass is 15.0. The Labute approximate surface area is 436 Å². The zero-order chi connectivity index (χ0) is 52.1. The molecule has 8 heteroatoms. The fourth-order valence-electron chi connectivity index (χ4n) is 11.1. The molecule has 0 amide bonds. The second-order valence-electron chi connectivity index (χ2n) is 19.4. The van der Waals surface area contributed by atoms with Crippen molar-refractivity contribution in [3.8, 4) is 109 Å². The zero-order valence-corrected chi connectivity index (χ0v) is 42.2. The third kappa shape index (κ3) is 8.64. The highest BCUT2D eigenvalue weighted by Gasteiger charge is 2.26. The lowest BCUT2D eigenvalue weighted by molar-refractivity contribution is 1.07. The Morgan fingerprint density at radius 2 is 0.680 bits per heavy atom. The first-order valence-electron chi connectivity index (χ1n) is 24.6. The first-order chi connectivity index (χ1) is 36.4. The van der Waals surface area contributed by atoms with Crippen LogP contribution < -0.4 is 0 Å². The molecule has 9 aromatic carbocycles. The number of nitriles is 4. The fraction of sp³-hybridized carbons (Fsp3) is 0.0896. The topological polar surface area (TPSA) is 139 Å². The normalized spacial score (nSPS) is 11.0. The Balaban J connectivity index is 1.32. The van der Waals surface area contributed by atoms with Crippen LogP contribution in [-0.4, -0.2) is 19.5 Å². The van der Waals surface area contributed by atoms with Gasteiger partial charge in [-0.1, -0.05) is 108 Å². The van der Waals surface area contributed by atoms with Gasteiger partial charge >= 0.3 is 0 Å². The molecular weight excluding hydrogens is 917 g/mol. The number of aromatic nitrogens is 4. The van der Waals surface area contributed by atoms with Gasteiger partial charge in [0.05, 0.1) is 63.3 Å². The van der Waals surface area contributed by atoms with Gasteiger partial charge < -0.3 is 4.57 Å². The molecule has 2 heterocycles. The van der Waals surface area contributed by atoms with Crippen molar-refractivity contribution in [3.05, 3.63) is 225 Å². The van der Waals surface area contributed by atoms with Crippen LogP contribution in [0, 0.1) is 86.9 Å². The summed E-state index contributed by atoms with van der Waals surface area (Å²) in [6.45, 7) is 12.9. The molecule has 0 unspecified atom stereocenters. The molecular formula is C67H46N8. The van der Waals surface area contributed by atoms with Gasteiger partial charge in [0, 0.05) is 38.6 Å². The molecule has 0 bridgehead atoms. The zero-order valence-electron chi connectivity index (χ0n) is 42.2. The van der Waals surface area contributed by atoms with E-state index >= 15 is 0 Å². The molecule has 0 fully saturated rings. The van der Waals surface area contributed by atoms with Crippen molar-refractivity contribution in [2.75, 3.05) is 0 Å². The quantitative estimate of drug-likeness (QED) is 0.148. The average molecular weight is 963 g/mol. The van der Waals surface area contributed by atoms with E-state index in [-0.39, 0.29) is 0 Å². The summed E-state index contributed by atoms with van der Waals surface area (Å²) < 4.78 is 2.25. The van der Waals surface area contributed by atoms with Crippen molar-refractivity contribution in [3.63, 3.8) is 0 Å². The Morgan fingerprint density at radius 3 is 1.03 bits per heavy atom. The molecule has 0 saturated heterocycles. The van der Waals surface area contributed by atoms with Gasteiger partial charge in [0.15, 0.2) is 17.5 Å². The lowest BCUT2D eigenvalue weighted by Crippen LogP contribution is -2.04. The first kappa shape index (κ1) is 47.1. The van der Waals surface area contributed by atoms with E-state index in [0.29, 0.717) is 73.2 Å². The number of nitrogens with zero attached hydrogens (tertiary/aromatic N) is 8. The maximum absolute atomic E-state index is 10.5. The van der Waals surface area contributed by atoms with Crippen LogP contribution in [0.15, 0.2) is 170 Å². The van der Waals surface area contributed by atoms with Gasteiger partial charge in [-0.2, -0.15) is 21.0 Å². The third-order valence-electron chi connectivity index (χ3n) is 14.0. The molecule has 2 aromatic heterocycles. The van der Waals surface area contributed by atoms with Crippen LogP contribution in [0.5, 0.6) is 0 Å². The van der Waals surface area contributed by atoms with E-state index in [1.54, 1.807) is 36.4 Å². The van der Waals surface area contributed by atoms with Crippen LogP contribution in [0.4, 0.5) is 0 Å². The van der Waals surface area contributed by atoms with Gasteiger partial charge in [0.2, 0.25) is 0 Å². The number of rotatable bonds is 8. The van der Waals surface area contributed by atoms with Gasteiger partial charge in [-0.15, -0.1) is 0 Å². The van der Waals surface area contributed by atoms with E-state index in [2.05, 4.69) is 131 Å². The molecule has 0 aliphatic heterocycles. The van der Waals surface area contributed by atoms with E-state index < -0.39 is 0 Å². The summed E-state index contributed by atoms with van der Waals surface area (Å²) in [7, 11) is 0. The third-order valence-corrected chi connectivity index (χ3v) is 14.0. The number of benzene rings is 9. The fourth-order valence-corrected chi connectivity index (χ4v) is 11.1. The Bertz CT molecular complexity index is 3970. The van der Waals surface area contributed by atoms with E-state index in [9.17, 15) is 21.0 Å². The van der Waals surface area contributed by atoms with Crippen LogP contribution in [0.1, 0.15) is 55.6 Å². The summed E-state index contributed by atoms with van der Waals surface area (Å²) in [5.74, 6) is 1.31. The second-order valence-corrected chi connectivity index (χ2v) is 19.4. The Hall–Kier alpha value is -10.3. The number of hydrogen-bond acceptors (Lipinski definition) is 7. The predicted molar refractivity (Wildman–Crippen MR) is 300 cm³/mol. The van der Waals surface area contributed by atoms with Crippen LogP contribution in [0.3, 0.4) is 0 Å². The summed E-state index contributed by atoms with van der Waals surface area (Å²) in [6.07, 6.45) is 0. The van der Waals surface area contributed by atoms with Crippen LogP contribution in [-0.2, 0) is 0 Å². The smallest absolute Gasteiger partial charge is 0.164 e. The molecule has 354 valence electrons. The first-order valence-corrected chi connectivity index (χ1v) is 24.6. The second kappa shape index (κ2) is 19.1. The molecule has 0 atom stereocenters. The maximum atomic E-state index is 10.5. The van der Waals surface area contributed by atoms with Gasteiger partial charge in [0.1, 0.15) is 0 Å². The average Bonchev–Trinajstić information content (AvgIpc) is 3.79. The molecule has 0 aliphatic rings. The van der Waals surface area contributed by atoms with Gasteiger partial charge in [-0.05, 0) is 170 Å². The van der Waals surface area contributed by atoms with Crippen molar-refractivity contribution in [1.82, 2.24) is 19.5 Å². The number of aryl methyl sites for hydroxylation is 6.